The Hall–Kier alpha value is -1.26. The fraction of sp³-hybridized carbons (Fsp3) is 0.800. The Labute approximate surface area is 206 Å². The average molecular weight is 471 g/mol. The second-order valence-electron chi connectivity index (χ2n) is 13.6. The highest BCUT2D eigenvalue weighted by molar-refractivity contribution is 5.94. The maximum atomic E-state index is 12.8. The third-order valence-electron chi connectivity index (χ3n) is 11.6. The number of fused-ring (bicyclic) bond motifs is 5. The first-order chi connectivity index (χ1) is 15.6. The van der Waals surface area contributed by atoms with Crippen molar-refractivity contribution in [3.05, 3.63) is 23.3 Å². The molecule has 4 aliphatic rings. The lowest BCUT2D eigenvalue weighted by Crippen LogP contribution is -2.61. The van der Waals surface area contributed by atoms with E-state index >= 15 is 0 Å². The van der Waals surface area contributed by atoms with Crippen LogP contribution in [0.3, 0.4) is 0 Å². The summed E-state index contributed by atoms with van der Waals surface area (Å²) in [5.41, 5.74) is 1.48. The van der Waals surface area contributed by atoms with E-state index in [0.717, 1.165) is 31.3 Å². The van der Waals surface area contributed by atoms with Crippen LogP contribution in [0.15, 0.2) is 23.3 Å². The molecule has 0 aromatic heterocycles. The van der Waals surface area contributed by atoms with Crippen molar-refractivity contribution in [1.29, 1.82) is 0 Å². The maximum absolute atomic E-state index is 12.8. The molecule has 0 saturated heterocycles. The van der Waals surface area contributed by atoms with Gasteiger partial charge in [-0.25, -0.2) is 0 Å². The summed E-state index contributed by atoms with van der Waals surface area (Å²) in [6, 6.07) is 0. The molecule has 4 heteroatoms. The van der Waals surface area contributed by atoms with Crippen LogP contribution in [-0.4, -0.2) is 34.0 Å². The molecule has 2 N–H and O–H groups in total. The number of carbonyl (C=O) groups excluding carboxylic acids is 2. The number of rotatable bonds is 4. The normalized spacial score (nSPS) is 44.8. The predicted octanol–water partition coefficient (Wildman–Crippen LogP) is 5.66. The van der Waals surface area contributed by atoms with E-state index in [2.05, 4.69) is 40.7 Å². The summed E-state index contributed by atoms with van der Waals surface area (Å²) in [4.78, 5) is 25.5. The van der Waals surface area contributed by atoms with Crippen LogP contribution in [-0.2, 0) is 9.59 Å². The van der Waals surface area contributed by atoms with Crippen LogP contribution in [0.25, 0.3) is 0 Å². The van der Waals surface area contributed by atoms with Crippen LogP contribution < -0.4 is 0 Å². The van der Waals surface area contributed by atoms with Gasteiger partial charge in [-0.05, 0) is 86.5 Å². The van der Waals surface area contributed by atoms with E-state index in [-0.39, 0.29) is 39.8 Å². The van der Waals surface area contributed by atoms with E-state index in [1.165, 1.54) is 5.57 Å². The number of aliphatic hydroxyl groups excluding tert-OH is 2. The second-order valence-corrected chi connectivity index (χ2v) is 13.6. The lowest BCUT2D eigenvalue weighted by atomic mass is 9.40. The Morgan fingerprint density at radius 1 is 1.15 bits per heavy atom. The number of hydrogen-bond acceptors (Lipinski definition) is 4. The zero-order valence-electron chi connectivity index (χ0n) is 22.6. The average Bonchev–Trinajstić information content (AvgIpc) is 3.03. The Bertz CT molecular complexity index is 939. The van der Waals surface area contributed by atoms with Gasteiger partial charge in [0.25, 0.3) is 0 Å². The Morgan fingerprint density at radius 2 is 1.79 bits per heavy atom. The van der Waals surface area contributed by atoms with Crippen LogP contribution in [0.4, 0.5) is 0 Å². The lowest BCUT2D eigenvalue weighted by molar-refractivity contribution is -0.158. The zero-order chi connectivity index (χ0) is 25.4. The zero-order valence-corrected chi connectivity index (χ0v) is 22.6. The molecule has 3 fully saturated rings. The highest BCUT2D eigenvalue weighted by Gasteiger charge is 2.68. The summed E-state index contributed by atoms with van der Waals surface area (Å²) < 4.78 is 0. The summed E-state index contributed by atoms with van der Waals surface area (Å²) in [7, 11) is 0. The summed E-state index contributed by atoms with van der Waals surface area (Å²) in [5.74, 6) is 0.569. The fourth-order valence-corrected chi connectivity index (χ4v) is 9.25. The van der Waals surface area contributed by atoms with Crippen LogP contribution in [0, 0.1) is 45.3 Å². The van der Waals surface area contributed by atoms with E-state index < -0.39 is 17.6 Å². The molecule has 0 spiro atoms. The van der Waals surface area contributed by atoms with Crippen LogP contribution in [0.1, 0.15) is 93.9 Å². The predicted molar refractivity (Wildman–Crippen MR) is 135 cm³/mol. The molecular formula is C30H46O4. The van der Waals surface area contributed by atoms with Gasteiger partial charge < -0.3 is 10.2 Å². The van der Waals surface area contributed by atoms with Gasteiger partial charge in [0.05, 0.1) is 6.10 Å². The molecule has 4 nitrogen and oxygen atoms in total. The Morgan fingerprint density at radius 3 is 2.41 bits per heavy atom. The SMILES string of the molecule is CC(C)=CC(=O)[C@@H](O)[C@H](C)[C@@H]1CC[C@]2(C)C3=CC[C@H]4C(C)(C)C(=O)CC[C@]4(C)[C@H]3C[C@@H](O)[C@@]12C. The van der Waals surface area contributed by atoms with Crippen molar-refractivity contribution >= 4 is 11.6 Å². The quantitative estimate of drug-likeness (QED) is 0.410. The van der Waals surface area contributed by atoms with Crippen LogP contribution in [0.5, 0.6) is 0 Å². The monoisotopic (exact) mass is 470 g/mol. The van der Waals surface area contributed by atoms with Crippen molar-refractivity contribution in [3.8, 4) is 0 Å². The molecule has 0 aromatic rings. The first-order valence-corrected chi connectivity index (χ1v) is 13.4. The van der Waals surface area contributed by atoms with E-state index in [0.29, 0.717) is 24.5 Å². The highest BCUT2D eigenvalue weighted by atomic mass is 16.3. The summed E-state index contributed by atoms with van der Waals surface area (Å²) in [6.45, 7) is 16.9. The maximum Gasteiger partial charge on any atom is 0.184 e. The van der Waals surface area contributed by atoms with Crippen molar-refractivity contribution in [1.82, 2.24) is 0 Å². The van der Waals surface area contributed by atoms with Gasteiger partial charge in [-0.1, -0.05) is 58.8 Å². The van der Waals surface area contributed by atoms with Gasteiger partial charge in [-0.2, -0.15) is 0 Å². The van der Waals surface area contributed by atoms with Gasteiger partial charge in [0.1, 0.15) is 11.9 Å². The number of Topliss-reactive ketones (excluding diaryl/α,β-unsaturated/α-hetero) is 1. The minimum atomic E-state index is -1.05. The third-order valence-corrected chi connectivity index (χ3v) is 11.6. The van der Waals surface area contributed by atoms with Crippen molar-refractivity contribution in [2.75, 3.05) is 0 Å². The topological polar surface area (TPSA) is 74.6 Å². The number of carbonyl (C=O) groups is 2. The van der Waals surface area contributed by atoms with E-state index in [4.69, 9.17) is 0 Å². The van der Waals surface area contributed by atoms with Gasteiger partial charge in [0.15, 0.2) is 5.78 Å². The number of allylic oxidation sites excluding steroid dienone is 3. The molecule has 4 rings (SSSR count). The van der Waals surface area contributed by atoms with Gasteiger partial charge in [-0.15, -0.1) is 0 Å². The smallest absolute Gasteiger partial charge is 0.184 e. The molecule has 34 heavy (non-hydrogen) atoms. The Balaban J connectivity index is 1.72. The molecule has 0 aliphatic heterocycles. The summed E-state index contributed by atoms with van der Waals surface area (Å²) in [5, 5.41) is 22.8. The van der Waals surface area contributed by atoms with Crippen molar-refractivity contribution in [3.63, 3.8) is 0 Å². The van der Waals surface area contributed by atoms with Gasteiger partial charge in [0.2, 0.25) is 0 Å². The van der Waals surface area contributed by atoms with E-state index in [1.54, 1.807) is 6.08 Å². The first kappa shape index (κ1) is 25.8. The lowest BCUT2D eigenvalue weighted by Gasteiger charge is -2.64. The van der Waals surface area contributed by atoms with Gasteiger partial charge in [-0.3, -0.25) is 9.59 Å². The highest BCUT2D eigenvalue weighted by Crippen LogP contribution is 2.73. The third kappa shape index (κ3) is 3.30. The minimum Gasteiger partial charge on any atom is -0.392 e. The number of ketones is 2. The van der Waals surface area contributed by atoms with E-state index in [1.807, 2.05) is 20.8 Å². The Kier molecular flexibility index (Phi) is 6.17. The molecule has 0 bridgehead atoms. The first-order valence-electron chi connectivity index (χ1n) is 13.4. The molecular weight excluding hydrogens is 424 g/mol. The number of hydrogen-bond donors (Lipinski definition) is 2. The molecule has 0 heterocycles. The minimum absolute atomic E-state index is 0.00937. The standard InChI is InChI=1S/C30H46O4/c1-17(2)15-22(31)26(34)18(3)19-11-14-29(7)20-9-10-23-27(4,5)24(32)12-13-28(23,6)21(20)16-25(33)30(19,29)8/h9,15,18-19,21,23,25-26,33-34H,10-14,16H2,1-8H3/t18-,19+,21+,23+,25-,26+,28-,29-,30-/m1/s1. The molecule has 0 unspecified atom stereocenters. The molecule has 9 atom stereocenters. The molecule has 0 amide bonds. The summed E-state index contributed by atoms with van der Waals surface area (Å²) >= 11 is 0. The number of aliphatic hydroxyl groups is 2. The molecule has 0 aromatic carbocycles. The second kappa shape index (κ2) is 8.13. The van der Waals surface area contributed by atoms with Crippen molar-refractivity contribution in [2.24, 2.45) is 45.3 Å². The van der Waals surface area contributed by atoms with Crippen molar-refractivity contribution < 1.29 is 19.8 Å². The van der Waals surface area contributed by atoms with E-state index in [9.17, 15) is 19.8 Å². The summed E-state index contributed by atoms with van der Waals surface area (Å²) in [6.07, 6.45) is 7.45. The van der Waals surface area contributed by atoms with Crippen LogP contribution >= 0.6 is 0 Å². The molecule has 3 saturated carbocycles. The molecule has 190 valence electrons. The molecule has 4 aliphatic carbocycles. The van der Waals surface area contributed by atoms with Gasteiger partial charge in [0, 0.05) is 17.3 Å². The van der Waals surface area contributed by atoms with Gasteiger partial charge >= 0.3 is 0 Å². The van der Waals surface area contributed by atoms with Crippen molar-refractivity contribution in [2.45, 2.75) is 106 Å². The largest absolute Gasteiger partial charge is 0.392 e. The molecule has 0 radical (unpaired) electrons. The fourth-order valence-electron chi connectivity index (χ4n) is 9.25. The van der Waals surface area contributed by atoms with Crippen LogP contribution in [0.2, 0.25) is 0 Å².